The molecule has 1 unspecified atom stereocenters. The first kappa shape index (κ1) is 15.5. The highest BCUT2D eigenvalue weighted by Crippen LogP contribution is 2.22. The lowest BCUT2D eigenvalue weighted by atomic mass is 10.1. The fraction of sp³-hybridized carbons (Fsp3) is 0.500. The number of ether oxygens (including phenoxy) is 2. The van der Waals surface area contributed by atoms with Crippen molar-refractivity contribution < 1.29 is 19.1 Å². The van der Waals surface area contributed by atoms with Gasteiger partial charge in [-0.1, -0.05) is 30.3 Å². The largest absolute Gasteiger partial charge is 0.458 e. The summed E-state index contributed by atoms with van der Waals surface area (Å²) >= 11 is 0. The van der Waals surface area contributed by atoms with E-state index >= 15 is 0 Å². The van der Waals surface area contributed by atoms with Crippen molar-refractivity contribution in [2.75, 3.05) is 20.1 Å². The monoisotopic (exact) mass is 291 g/mol. The van der Waals surface area contributed by atoms with Gasteiger partial charge in [-0.05, 0) is 26.4 Å². The molecule has 0 bridgehead atoms. The van der Waals surface area contributed by atoms with E-state index in [4.69, 9.17) is 9.47 Å². The van der Waals surface area contributed by atoms with Crippen molar-refractivity contribution in [1.29, 1.82) is 0 Å². The van der Waals surface area contributed by atoms with Crippen LogP contribution in [0.15, 0.2) is 30.3 Å². The first-order chi connectivity index (χ1) is 10.1. The molecule has 0 aromatic heterocycles. The summed E-state index contributed by atoms with van der Waals surface area (Å²) in [4.78, 5) is 25.7. The summed E-state index contributed by atoms with van der Waals surface area (Å²) in [6, 6.07) is 8.94. The number of carbonyl (C=O) groups is 2. The van der Waals surface area contributed by atoms with E-state index in [9.17, 15) is 9.59 Å². The minimum Gasteiger partial charge on any atom is -0.458 e. The quantitative estimate of drug-likeness (QED) is 0.793. The molecule has 2 rings (SSSR count). The van der Waals surface area contributed by atoms with Gasteiger partial charge in [-0.3, -0.25) is 4.79 Å². The topological polar surface area (TPSA) is 55.8 Å². The Morgan fingerprint density at radius 2 is 2.00 bits per heavy atom. The summed E-state index contributed by atoms with van der Waals surface area (Å²) in [7, 11) is 2.00. The number of likely N-dealkylation sites (N-methyl/N-ethyl adjacent to an activating group) is 1. The molecule has 0 N–H and O–H groups in total. The van der Waals surface area contributed by atoms with Crippen LogP contribution in [-0.2, 0) is 19.1 Å². The van der Waals surface area contributed by atoms with Crippen LogP contribution >= 0.6 is 0 Å². The van der Waals surface area contributed by atoms with Gasteiger partial charge in [0.05, 0.1) is 0 Å². The Morgan fingerprint density at radius 3 is 2.62 bits per heavy atom. The fourth-order valence-electron chi connectivity index (χ4n) is 2.49. The molecule has 5 heteroatoms. The van der Waals surface area contributed by atoms with Gasteiger partial charge in [0.25, 0.3) is 0 Å². The van der Waals surface area contributed by atoms with Crippen LogP contribution in [0.3, 0.4) is 0 Å². The molecule has 1 heterocycles. The van der Waals surface area contributed by atoms with Crippen molar-refractivity contribution in [3.05, 3.63) is 35.9 Å². The molecule has 5 nitrogen and oxygen atoms in total. The average Bonchev–Trinajstić information content (AvgIpc) is 2.45. The highest BCUT2D eigenvalue weighted by molar-refractivity contribution is 5.80. The van der Waals surface area contributed by atoms with E-state index in [1.54, 1.807) is 24.3 Å². The molecule has 0 radical (unpaired) electrons. The van der Waals surface area contributed by atoms with Gasteiger partial charge < -0.3 is 14.4 Å². The SMILES string of the molecule is CC(=O)OC(C(=O)O[C@H]1CCCN(C)C1)c1ccccc1. The Balaban J connectivity index is 2.05. The molecule has 1 aliphatic heterocycles. The molecular weight excluding hydrogens is 270 g/mol. The van der Waals surface area contributed by atoms with Crippen molar-refractivity contribution in [3.8, 4) is 0 Å². The minimum atomic E-state index is -0.990. The lowest BCUT2D eigenvalue weighted by molar-refractivity contribution is -0.172. The summed E-state index contributed by atoms with van der Waals surface area (Å²) in [6.07, 6.45) is 0.712. The van der Waals surface area contributed by atoms with Crippen molar-refractivity contribution >= 4 is 11.9 Å². The number of carbonyl (C=O) groups excluding carboxylic acids is 2. The summed E-state index contributed by atoms with van der Waals surface area (Å²) < 4.78 is 10.7. The van der Waals surface area contributed by atoms with Crippen molar-refractivity contribution in [3.63, 3.8) is 0 Å². The zero-order valence-electron chi connectivity index (χ0n) is 12.5. The van der Waals surface area contributed by atoms with Crippen molar-refractivity contribution in [2.24, 2.45) is 0 Å². The van der Waals surface area contributed by atoms with E-state index in [0.29, 0.717) is 12.1 Å². The number of piperidine rings is 1. The summed E-state index contributed by atoms with van der Waals surface area (Å²) in [5, 5.41) is 0. The Labute approximate surface area is 124 Å². The van der Waals surface area contributed by atoms with Crippen LogP contribution in [0.5, 0.6) is 0 Å². The summed E-state index contributed by atoms with van der Waals surface area (Å²) in [5.41, 5.74) is 0.627. The molecule has 0 aliphatic carbocycles. The minimum absolute atomic E-state index is 0.141. The Hall–Kier alpha value is -1.88. The first-order valence-electron chi connectivity index (χ1n) is 7.17. The third-order valence-electron chi connectivity index (χ3n) is 3.46. The van der Waals surface area contributed by atoms with E-state index in [-0.39, 0.29) is 6.10 Å². The maximum absolute atomic E-state index is 12.3. The molecule has 21 heavy (non-hydrogen) atoms. The highest BCUT2D eigenvalue weighted by atomic mass is 16.6. The van der Waals surface area contributed by atoms with Gasteiger partial charge in [0.1, 0.15) is 6.10 Å². The summed E-state index contributed by atoms with van der Waals surface area (Å²) in [5.74, 6) is -1.00. The molecule has 1 aromatic carbocycles. The zero-order chi connectivity index (χ0) is 15.2. The lowest BCUT2D eigenvalue weighted by Gasteiger charge is -2.30. The summed E-state index contributed by atoms with van der Waals surface area (Å²) in [6.45, 7) is 3.02. The number of hydrogen-bond acceptors (Lipinski definition) is 5. The predicted octanol–water partition coefficient (Wildman–Crippen LogP) is 1.93. The maximum Gasteiger partial charge on any atom is 0.352 e. The average molecular weight is 291 g/mol. The molecule has 0 saturated carbocycles. The number of esters is 2. The van der Waals surface area contributed by atoms with Crippen LogP contribution in [0.2, 0.25) is 0 Å². The highest BCUT2D eigenvalue weighted by Gasteiger charge is 2.29. The van der Waals surface area contributed by atoms with E-state index in [2.05, 4.69) is 4.90 Å². The van der Waals surface area contributed by atoms with Gasteiger partial charge in [0.2, 0.25) is 6.10 Å². The number of likely N-dealkylation sites (tertiary alicyclic amines) is 1. The van der Waals surface area contributed by atoms with Crippen molar-refractivity contribution in [1.82, 2.24) is 4.90 Å². The molecular formula is C16H21NO4. The number of hydrogen-bond donors (Lipinski definition) is 0. The van der Waals surface area contributed by atoms with Gasteiger partial charge in [0, 0.05) is 19.0 Å². The van der Waals surface area contributed by atoms with Crippen LogP contribution in [0.1, 0.15) is 31.4 Å². The van der Waals surface area contributed by atoms with E-state index < -0.39 is 18.0 Å². The van der Waals surface area contributed by atoms with Crippen LogP contribution < -0.4 is 0 Å². The van der Waals surface area contributed by atoms with Gasteiger partial charge >= 0.3 is 11.9 Å². The molecule has 0 amide bonds. The second-order valence-corrected chi connectivity index (χ2v) is 5.36. The molecule has 114 valence electrons. The molecule has 0 spiro atoms. The van der Waals surface area contributed by atoms with Crippen LogP contribution in [0.25, 0.3) is 0 Å². The molecule has 1 aromatic rings. The molecule has 2 atom stereocenters. The van der Waals surface area contributed by atoms with Gasteiger partial charge in [-0.2, -0.15) is 0 Å². The van der Waals surface area contributed by atoms with Crippen molar-refractivity contribution in [2.45, 2.75) is 32.0 Å². The third kappa shape index (κ3) is 4.56. The molecule has 1 saturated heterocycles. The second-order valence-electron chi connectivity index (χ2n) is 5.36. The maximum atomic E-state index is 12.3. The van der Waals surface area contributed by atoms with Gasteiger partial charge in [-0.25, -0.2) is 4.79 Å². The Kier molecular flexibility index (Phi) is 5.33. The van der Waals surface area contributed by atoms with Crippen LogP contribution in [0.4, 0.5) is 0 Å². The second kappa shape index (κ2) is 7.22. The van der Waals surface area contributed by atoms with Gasteiger partial charge in [0.15, 0.2) is 0 Å². The third-order valence-corrected chi connectivity index (χ3v) is 3.46. The number of rotatable bonds is 4. The zero-order valence-corrected chi connectivity index (χ0v) is 12.5. The lowest BCUT2D eigenvalue weighted by Crippen LogP contribution is -2.39. The first-order valence-corrected chi connectivity index (χ1v) is 7.17. The van der Waals surface area contributed by atoms with E-state index in [1.807, 2.05) is 13.1 Å². The fourth-order valence-corrected chi connectivity index (χ4v) is 2.49. The van der Waals surface area contributed by atoms with Gasteiger partial charge in [-0.15, -0.1) is 0 Å². The smallest absolute Gasteiger partial charge is 0.352 e. The van der Waals surface area contributed by atoms with E-state index in [0.717, 1.165) is 19.4 Å². The molecule has 1 aliphatic rings. The van der Waals surface area contributed by atoms with Crippen LogP contribution in [0, 0.1) is 0 Å². The van der Waals surface area contributed by atoms with E-state index in [1.165, 1.54) is 6.92 Å². The Morgan fingerprint density at radius 1 is 1.29 bits per heavy atom. The normalized spacial score (nSPS) is 20.6. The van der Waals surface area contributed by atoms with Crippen LogP contribution in [-0.4, -0.2) is 43.1 Å². The number of benzene rings is 1. The number of nitrogens with zero attached hydrogens (tertiary/aromatic N) is 1. The Bertz CT molecular complexity index is 488. The standard InChI is InChI=1S/C16H21NO4/c1-12(18)20-15(13-7-4-3-5-8-13)16(19)21-14-9-6-10-17(2)11-14/h3-5,7-8,14-15H,6,9-11H2,1-2H3/t14-,15?/m0/s1. The molecule has 1 fully saturated rings. The predicted molar refractivity (Wildman–Crippen MR) is 77.6 cm³/mol.